The SMILES string of the molecule is CN(C)C(=NCc1ccc(OCC(F)(F)F)cc1)N(C)C. The van der Waals surface area contributed by atoms with Gasteiger partial charge in [0.1, 0.15) is 5.75 Å². The molecule has 0 bridgehead atoms. The Morgan fingerprint density at radius 2 is 1.57 bits per heavy atom. The van der Waals surface area contributed by atoms with E-state index in [0.717, 1.165) is 11.5 Å². The van der Waals surface area contributed by atoms with Gasteiger partial charge in [0, 0.05) is 28.2 Å². The van der Waals surface area contributed by atoms with Gasteiger partial charge in [0.15, 0.2) is 12.6 Å². The molecule has 0 heterocycles. The molecule has 118 valence electrons. The molecular weight excluding hydrogens is 283 g/mol. The lowest BCUT2D eigenvalue weighted by Gasteiger charge is -2.22. The van der Waals surface area contributed by atoms with Gasteiger partial charge in [-0.1, -0.05) is 12.1 Å². The first-order valence-corrected chi connectivity index (χ1v) is 6.36. The molecule has 21 heavy (non-hydrogen) atoms. The van der Waals surface area contributed by atoms with E-state index >= 15 is 0 Å². The minimum Gasteiger partial charge on any atom is -0.484 e. The van der Waals surface area contributed by atoms with Crippen LogP contribution in [0.25, 0.3) is 0 Å². The molecule has 1 aromatic carbocycles. The van der Waals surface area contributed by atoms with Crippen LogP contribution in [0.5, 0.6) is 5.75 Å². The number of alkyl halides is 3. The lowest BCUT2D eigenvalue weighted by molar-refractivity contribution is -0.153. The molecule has 0 aliphatic heterocycles. The highest BCUT2D eigenvalue weighted by Gasteiger charge is 2.28. The molecule has 0 saturated heterocycles. The van der Waals surface area contributed by atoms with Gasteiger partial charge >= 0.3 is 6.18 Å². The van der Waals surface area contributed by atoms with E-state index in [1.165, 1.54) is 12.1 Å². The van der Waals surface area contributed by atoms with Crippen LogP contribution in [0.15, 0.2) is 29.3 Å². The fourth-order valence-corrected chi connectivity index (χ4v) is 1.70. The molecule has 0 saturated carbocycles. The third-order valence-corrected chi connectivity index (χ3v) is 2.53. The van der Waals surface area contributed by atoms with Gasteiger partial charge in [-0.3, -0.25) is 0 Å². The zero-order chi connectivity index (χ0) is 16.0. The predicted molar refractivity (Wildman–Crippen MR) is 76.5 cm³/mol. The van der Waals surface area contributed by atoms with E-state index in [4.69, 9.17) is 0 Å². The van der Waals surface area contributed by atoms with E-state index in [2.05, 4.69) is 9.73 Å². The van der Waals surface area contributed by atoms with Gasteiger partial charge < -0.3 is 14.5 Å². The third kappa shape index (κ3) is 6.37. The van der Waals surface area contributed by atoms with Crippen molar-refractivity contribution in [1.82, 2.24) is 9.80 Å². The summed E-state index contributed by atoms with van der Waals surface area (Å²) in [6.07, 6.45) is -4.32. The molecule has 7 heteroatoms. The first-order valence-electron chi connectivity index (χ1n) is 6.36. The van der Waals surface area contributed by atoms with Crippen molar-refractivity contribution in [3.8, 4) is 5.75 Å². The summed E-state index contributed by atoms with van der Waals surface area (Å²) in [5, 5.41) is 0. The Morgan fingerprint density at radius 1 is 1.05 bits per heavy atom. The molecule has 0 amide bonds. The van der Waals surface area contributed by atoms with Crippen LogP contribution in [0, 0.1) is 0 Å². The van der Waals surface area contributed by atoms with Crippen LogP contribution in [-0.2, 0) is 6.54 Å². The second kappa shape index (κ2) is 7.19. The summed E-state index contributed by atoms with van der Waals surface area (Å²) < 4.78 is 40.7. The Morgan fingerprint density at radius 3 is 2.00 bits per heavy atom. The average molecular weight is 303 g/mol. The van der Waals surface area contributed by atoms with E-state index < -0.39 is 12.8 Å². The molecule has 0 atom stereocenters. The average Bonchev–Trinajstić information content (AvgIpc) is 2.36. The molecule has 0 aliphatic rings. The van der Waals surface area contributed by atoms with Crippen molar-refractivity contribution in [2.45, 2.75) is 12.7 Å². The maximum Gasteiger partial charge on any atom is 0.422 e. The number of nitrogens with zero attached hydrogens (tertiary/aromatic N) is 3. The summed E-state index contributed by atoms with van der Waals surface area (Å²) in [6.45, 7) is -0.832. The number of hydrogen-bond donors (Lipinski definition) is 0. The van der Waals surface area contributed by atoms with Gasteiger partial charge in [-0.2, -0.15) is 13.2 Å². The number of hydrogen-bond acceptors (Lipinski definition) is 2. The van der Waals surface area contributed by atoms with Gasteiger partial charge in [-0.25, -0.2) is 4.99 Å². The zero-order valence-corrected chi connectivity index (χ0v) is 12.6. The highest BCUT2D eigenvalue weighted by molar-refractivity contribution is 5.79. The maximum absolute atomic E-state index is 12.0. The molecule has 0 fully saturated rings. The number of ether oxygens (including phenoxy) is 1. The van der Waals surface area contributed by atoms with Crippen LogP contribution in [0.4, 0.5) is 13.2 Å². The molecule has 0 aliphatic carbocycles. The topological polar surface area (TPSA) is 28.1 Å². The van der Waals surface area contributed by atoms with Gasteiger partial charge in [0.2, 0.25) is 0 Å². The van der Waals surface area contributed by atoms with Crippen molar-refractivity contribution in [3.05, 3.63) is 29.8 Å². The molecule has 0 N–H and O–H groups in total. The number of halogens is 3. The summed E-state index contributed by atoms with van der Waals surface area (Å²) >= 11 is 0. The second-order valence-electron chi connectivity index (χ2n) is 4.95. The minimum atomic E-state index is -4.32. The van der Waals surface area contributed by atoms with Crippen LogP contribution in [0.1, 0.15) is 5.56 Å². The number of benzene rings is 1. The molecule has 1 rings (SSSR count). The zero-order valence-electron chi connectivity index (χ0n) is 12.6. The van der Waals surface area contributed by atoms with Crippen molar-refractivity contribution < 1.29 is 17.9 Å². The van der Waals surface area contributed by atoms with Gasteiger partial charge in [-0.15, -0.1) is 0 Å². The fraction of sp³-hybridized carbons (Fsp3) is 0.500. The highest BCUT2D eigenvalue weighted by Crippen LogP contribution is 2.19. The number of rotatable bonds is 4. The molecule has 0 radical (unpaired) electrons. The molecule has 4 nitrogen and oxygen atoms in total. The lowest BCUT2D eigenvalue weighted by Crippen LogP contribution is -2.35. The molecular formula is C14H20F3N3O. The number of aliphatic imine (C=N–C) groups is 1. The molecule has 0 spiro atoms. The second-order valence-corrected chi connectivity index (χ2v) is 4.95. The minimum absolute atomic E-state index is 0.195. The van der Waals surface area contributed by atoms with Crippen LogP contribution >= 0.6 is 0 Å². The Hall–Kier alpha value is -1.92. The van der Waals surface area contributed by atoms with E-state index in [0.29, 0.717) is 6.54 Å². The van der Waals surface area contributed by atoms with Gasteiger partial charge in [0.05, 0.1) is 6.54 Å². The normalized spacial score (nSPS) is 11.0. The predicted octanol–water partition coefficient (Wildman–Crippen LogP) is 2.61. The number of guanidine groups is 1. The lowest BCUT2D eigenvalue weighted by atomic mass is 10.2. The van der Waals surface area contributed by atoms with E-state index in [1.807, 2.05) is 38.0 Å². The summed E-state index contributed by atoms with van der Waals surface area (Å²) in [4.78, 5) is 8.23. The first kappa shape index (κ1) is 17.1. The summed E-state index contributed by atoms with van der Waals surface area (Å²) in [7, 11) is 7.58. The van der Waals surface area contributed by atoms with E-state index in [1.54, 1.807) is 12.1 Å². The fourth-order valence-electron chi connectivity index (χ4n) is 1.70. The van der Waals surface area contributed by atoms with E-state index in [-0.39, 0.29) is 5.75 Å². The third-order valence-electron chi connectivity index (χ3n) is 2.53. The van der Waals surface area contributed by atoms with Gasteiger partial charge in [-0.05, 0) is 17.7 Å². The summed E-state index contributed by atoms with van der Waals surface area (Å²) in [5.41, 5.74) is 0.899. The van der Waals surface area contributed by atoms with Crippen LogP contribution in [0.2, 0.25) is 0 Å². The molecule has 0 unspecified atom stereocenters. The first-order chi connectivity index (χ1) is 9.69. The van der Waals surface area contributed by atoms with Crippen molar-refractivity contribution in [1.29, 1.82) is 0 Å². The van der Waals surface area contributed by atoms with Crippen molar-refractivity contribution in [2.24, 2.45) is 4.99 Å². The van der Waals surface area contributed by atoms with Crippen molar-refractivity contribution in [2.75, 3.05) is 34.8 Å². The Balaban J connectivity index is 2.64. The van der Waals surface area contributed by atoms with Crippen molar-refractivity contribution >= 4 is 5.96 Å². The Bertz CT molecular complexity index is 457. The van der Waals surface area contributed by atoms with E-state index in [9.17, 15) is 13.2 Å². The highest BCUT2D eigenvalue weighted by atomic mass is 19.4. The maximum atomic E-state index is 12.0. The monoisotopic (exact) mass is 303 g/mol. The van der Waals surface area contributed by atoms with Crippen LogP contribution in [0.3, 0.4) is 0 Å². The molecule has 0 aromatic heterocycles. The summed E-state index contributed by atoms with van der Waals surface area (Å²) in [5.74, 6) is 1.01. The Labute approximate surface area is 122 Å². The standard InChI is InChI=1S/C14H20F3N3O/c1-19(2)13(20(3)4)18-9-11-5-7-12(8-6-11)21-10-14(15,16)17/h5-8H,9-10H2,1-4H3. The van der Waals surface area contributed by atoms with Crippen LogP contribution < -0.4 is 4.74 Å². The summed E-state index contributed by atoms with van der Waals surface area (Å²) in [6, 6.07) is 6.44. The smallest absolute Gasteiger partial charge is 0.422 e. The Kier molecular flexibility index (Phi) is 5.87. The largest absolute Gasteiger partial charge is 0.484 e. The van der Waals surface area contributed by atoms with Crippen LogP contribution in [-0.4, -0.2) is 56.7 Å². The van der Waals surface area contributed by atoms with Crippen molar-refractivity contribution in [3.63, 3.8) is 0 Å². The van der Waals surface area contributed by atoms with Gasteiger partial charge in [0.25, 0.3) is 0 Å². The molecule has 1 aromatic rings. The quantitative estimate of drug-likeness (QED) is 0.632.